The average Bonchev–Trinajstić information content (AvgIpc) is 3.12. The Morgan fingerprint density at radius 2 is 0.825 bits per heavy atom. The fourth-order valence-corrected chi connectivity index (χ4v) is 6.47. The van der Waals surface area contributed by atoms with Crippen LogP contribution in [0.5, 0.6) is 17.2 Å². The van der Waals surface area contributed by atoms with Crippen molar-refractivity contribution in [2.24, 2.45) is 26.6 Å². The molecule has 0 unspecified atom stereocenters. The Balaban J connectivity index is 1.90. The summed E-state index contributed by atoms with van der Waals surface area (Å²) in [5.74, 6) is -3.33. The predicted molar refractivity (Wildman–Crippen MR) is 212 cm³/mol. The summed E-state index contributed by atoms with van der Waals surface area (Å²) in [6.07, 6.45) is -0.521. The van der Waals surface area contributed by atoms with E-state index in [1.165, 1.54) is 18.2 Å². The molecule has 0 radical (unpaired) electrons. The van der Waals surface area contributed by atoms with Crippen molar-refractivity contribution in [2.75, 3.05) is 0 Å². The monoisotopic (exact) mass is 795 g/mol. The summed E-state index contributed by atoms with van der Waals surface area (Å²) in [6, 6.07) is 3.82. The van der Waals surface area contributed by atoms with Crippen LogP contribution >= 0.6 is 0 Å². The molecule has 7 N–H and O–H groups in total. The summed E-state index contributed by atoms with van der Waals surface area (Å²) < 4.78 is 4.73. The maximum atomic E-state index is 13.6. The second kappa shape index (κ2) is 18.8. The van der Waals surface area contributed by atoms with Crippen LogP contribution in [0.2, 0.25) is 0 Å². The first kappa shape index (κ1) is 45.5. The van der Waals surface area contributed by atoms with Crippen LogP contribution in [0.15, 0.2) is 32.6 Å². The molecule has 0 saturated carbocycles. The van der Waals surface area contributed by atoms with E-state index in [0.717, 1.165) is 0 Å². The van der Waals surface area contributed by atoms with Gasteiger partial charge in [-0.25, -0.2) is 0 Å². The highest BCUT2D eigenvalue weighted by Crippen LogP contribution is 2.28. The molecule has 0 aromatic carbocycles. The number of nitrogens with zero attached hydrogens (tertiary/aromatic N) is 3. The zero-order valence-corrected chi connectivity index (χ0v) is 34.3. The molecule has 0 spiro atoms. The summed E-state index contributed by atoms with van der Waals surface area (Å²) >= 11 is 0. The molecule has 312 valence electrons. The van der Waals surface area contributed by atoms with Gasteiger partial charge in [-0.1, -0.05) is 20.8 Å². The first-order chi connectivity index (χ1) is 26.4. The summed E-state index contributed by atoms with van der Waals surface area (Å²) in [7, 11) is 4.92. The van der Waals surface area contributed by atoms with Gasteiger partial charge >= 0.3 is 0 Å². The molecule has 0 saturated heterocycles. The fraction of sp³-hybridized carbons (Fsp3) is 0.525. The number of rotatable bonds is 17. The Morgan fingerprint density at radius 1 is 0.544 bits per heavy atom. The van der Waals surface area contributed by atoms with E-state index in [1.54, 1.807) is 55.6 Å². The average molecular weight is 796 g/mol. The van der Waals surface area contributed by atoms with Crippen molar-refractivity contribution in [1.82, 2.24) is 35.0 Å². The standard InChI is InChI=1S/C40H57N7O10/c1-23-16-29(48)36(55)26(45(23)7)20-41-32(51)10-13-40(44-35(54)19-39(4,5)6,14-11-33(52)42-21-27-37(56)30(49)17-24(2)46(27)8)15-12-34(53)43-22-28-38(57)31(50)18-25(3)47(28)9/h16-18,55-57H,10-15,19-22H2,1-9H3,(H,41,51)(H,42,52)(H,43,53)(H,44,54). The van der Waals surface area contributed by atoms with Crippen LogP contribution in [0.4, 0.5) is 0 Å². The topological polar surface area (TPSA) is 243 Å². The second-order valence-electron chi connectivity index (χ2n) is 15.9. The summed E-state index contributed by atoms with van der Waals surface area (Å²) in [5, 5.41) is 42.3. The minimum absolute atomic E-state index is 0.0195. The number of pyridine rings is 3. The van der Waals surface area contributed by atoms with E-state index < -0.39 is 62.2 Å². The normalized spacial score (nSPS) is 11.6. The largest absolute Gasteiger partial charge is 0.503 e. The Kier molecular flexibility index (Phi) is 15.0. The zero-order valence-electron chi connectivity index (χ0n) is 34.3. The number of carbonyl (C=O) groups is 4. The van der Waals surface area contributed by atoms with Crippen molar-refractivity contribution in [3.05, 3.63) is 83.0 Å². The molecule has 0 aliphatic rings. The molecule has 0 atom stereocenters. The van der Waals surface area contributed by atoms with Crippen molar-refractivity contribution in [2.45, 2.75) is 112 Å². The van der Waals surface area contributed by atoms with Gasteiger partial charge in [0.2, 0.25) is 39.9 Å². The highest BCUT2D eigenvalue weighted by molar-refractivity contribution is 5.80. The zero-order chi connectivity index (χ0) is 43.0. The minimum Gasteiger partial charge on any atom is -0.503 e. The molecule has 3 aromatic rings. The quantitative estimate of drug-likeness (QED) is 0.104. The molecule has 0 aliphatic heterocycles. The number of aryl methyl sites for hydroxylation is 3. The molecule has 0 bridgehead atoms. The van der Waals surface area contributed by atoms with Gasteiger partial charge in [0.1, 0.15) is 0 Å². The number of amides is 4. The minimum atomic E-state index is -1.29. The molecule has 4 amide bonds. The fourth-order valence-electron chi connectivity index (χ4n) is 6.47. The van der Waals surface area contributed by atoms with Crippen molar-refractivity contribution in [3.63, 3.8) is 0 Å². The van der Waals surface area contributed by atoms with Crippen LogP contribution in [0, 0.1) is 26.2 Å². The molecule has 0 aliphatic carbocycles. The third-order valence-electron chi connectivity index (χ3n) is 10.3. The van der Waals surface area contributed by atoms with Crippen LogP contribution in [0.1, 0.15) is 99.9 Å². The highest BCUT2D eigenvalue weighted by Gasteiger charge is 2.35. The summed E-state index contributed by atoms with van der Waals surface area (Å²) in [5.41, 5.74) is -1.21. The summed E-state index contributed by atoms with van der Waals surface area (Å²) in [6.45, 7) is 10.2. The number of carbonyl (C=O) groups excluding carboxylic acids is 4. The van der Waals surface area contributed by atoms with Crippen molar-refractivity contribution >= 4 is 23.6 Å². The number of nitrogens with one attached hydrogen (secondary N) is 4. The molecule has 57 heavy (non-hydrogen) atoms. The predicted octanol–water partition coefficient (Wildman–Crippen LogP) is 1.71. The molecule has 3 rings (SSSR count). The van der Waals surface area contributed by atoms with E-state index in [4.69, 9.17) is 0 Å². The Morgan fingerprint density at radius 3 is 1.09 bits per heavy atom. The molecule has 17 heteroatoms. The van der Waals surface area contributed by atoms with E-state index >= 15 is 0 Å². The maximum Gasteiger partial charge on any atom is 0.223 e. The molecular formula is C40H57N7O10. The summed E-state index contributed by atoms with van der Waals surface area (Å²) in [4.78, 5) is 90.3. The van der Waals surface area contributed by atoms with E-state index in [1.807, 2.05) is 20.8 Å². The van der Waals surface area contributed by atoms with Crippen molar-refractivity contribution in [3.8, 4) is 17.2 Å². The third kappa shape index (κ3) is 12.3. The van der Waals surface area contributed by atoms with Crippen LogP contribution in [0.25, 0.3) is 0 Å². The molecule has 17 nitrogen and oxygen atoms in total. The van der Waals surface area contributed by atoms with Gasteiger partial charge in [-0.3, -0.25) is 33.6 Å². The lowest BCUT2D eigenvalue weighted by Gasteiger charge is -2.36. The first-order valence-corrected chi connectivity index (χ1v) is 18.7. The number of hydrogen-bond donors (Lipinski definition) is 7. The first-order valence-electron chi connectivity index (χ1n) is 18.7. The van der Waals surface area contributed by atoms with Gasteiger partial charge < -0.3 is 50.3 Å². The van der Waals surface area contributed by atoms with Crippen LogP contribution < -0.4 is 37.6 Å². The van der Waals surface area contributed by atoms with E-state index in [-0.39, 0.29) is 87.6 Å². The van der Waals surface area contributed by atoms with Crippen LogP contribution in [-0.4, -0.2) is 58.2 Å². The number of aromatic hydroxyl groups is 3. The van der Waals surface area contributed by atoms with Gasteiger partial charge in [-0.15, -0.1) is 0 Å². The Bertz CT molecular complexity index is 1970. The van der Waals surface area contributed by atoms with Gasteiger partial charge in [-0.2, -0.15) is 0 Å². The van der Waals surface area contributed by atoms with E-state index in [2.05, 4.69) is 21.3 Å². The SMILES string of the molecule is Cc1cc(=O)c(O)c(CNC(=O)CCC(CCC(=O)NCc2c(O)c(=O)cc(C)n2C)(CCC(=O)NCc2c(O)c(=O)cc(C)n2C)NC(=O)CC(C)(C)C)n1C. The van der Waals surface area contributed by atoms with Crippen molar-refractivity contribution < 1.29 is 34.5 Å². The second-order valence-corrected chi connectivity index (χ2v) is 15.9. The Labute approximate surface area is 331 Å². The lowest BCUT2D eigenvalue weighted by Crippen LogP contribution is -2.51. The van der Waals surface area contributed by atoms with E-state index in [9.17, 15) is 48.9 Å². The smallest absolute Gasteiger partial charge is 0.223 e. The lowest BCUT2D eigenvalue weighted by atomic mass is 9.82. The van der Waals surface area contributed by atoms with Gasteiger partial charge in [-0.05, 0) is 45.4 Å². The van der Waals surface area contributed by atoms with Gasteiger partial charge in [0.15, 0.2) is 17.2 Å². The lowest BCUT2D eigenvalue weighted by molar-refractivity contribution is -0.128. The molecule has 3 heterocycles. The van der Waals surface area contributed by atoms with Gasteiger partial charge in [0, 0.05) is 87.6 Å². The van der Waals surface area contributed by atoms with Gasteiger partial charge in [0.05, 0.1) is 36.7 Å². The Hall–Kier alpha value is -5.87. The van der Waals surface area contributed by atoms with Crippen LogP contribution in [0.3, 0.4) is 0 Å². The maximum absolute atomic E-state index is 13.6. The number of hydrogen-bond acceptors (Lipinski definition) is 10. The van der Waals surface area contributed by atoms with Gasteiger partial charge in [0.25, 0.3) is 0 Å². The molecule has 3 aromatic heterocycles. The van der Waals surface area contributed by atoms with E-state index in [0.29, 0.717) is 17.1 Å². The highest BCUT2D eigenvalue weighted by atomic mass is 16.3. The molecule has 0 fully saturated rings. The van der Waals surface area contributed by atoms with Crippen molar-refractivity contribution in [1.29, 1.82) is 0 Å². The van der Waals surface area contributed by atoms with Crippen LogP contribution in [-0.2, 0) is 60.0 Å². The third-order valence-corrected chi connectivity index (χ3v) is 10.3. The number of aromatic nitrogens is 3. The molecular weight excluding hydrogens is 738 g/mol.